The number of hydrogen-bond donors (Lipinski definition) is 1. The Kier molecular flexibility index (Phi) is 6.76. The molecule has 10 heteroatoms. The number of hydrazine groups is 1. The third kappa shape index (κ3) is 4.77. The van der Waals surface area contributed by atoms with Crippen molar-refractivity contribution in [1.82, 2.24) is 10.4 Å². The fourth-order valence-electron chi connectivity index (χ4n) is 3.13. The summed E-state index contributed by atoms with van der Waals surface area (Å²) in [4.78, 5) is 52.0. The van der Waals surface area contributed by atoms with Crippen LogP contribution in [-0.4, -0.2) is 48.6 Å². The Morgan fingerprint density at radius 2 is 1.94 bits per heavy atom. The first-order chi connectivity index (χ1) is 14.8. The zero-order valence-electron chi connectivity index (χ0n) is 16.8. The Morgan fingerprint density at radius 1 is 1.19 bits per heavy atom. The monoisotopic (exact) mass is 445 g/mol. The van der Waals surface area contributed by atoms with E-state index in [0.29, 0.717) is 16.5 Å². The van der Waals surface area contributed by atoms with Gasteiger partial charge in [-0.05, 0) is 37.3 Å². The molecule has 0 saturated carbocycles. The van der Waals surface area contributed by atoms with Crippen LogP contribution >= 0.6 is 11.6 Å². The molecule has 162 valence electrons. The number of hydrogen-bond acceptors (Lipinski definition) is 6. The molecule has 1 fully saturated rings. The predicted octanol–water partition coefficient (Wildman–Crippen LogP) is 2.78. The normalized spacial score (nSPS) is 15.6. The molecule has 0 aromatic heterocycles. The molecule has 2 aromatic carbocycles. The summed E-state index contributed by atoms with van der Waals surface area (Å²) in [5, 5.41) is 1.11. The Morgan fingerprint density at radius 3 is 2.61 bits per heavy atom. The standard InChI is InChI=1S/C21H20ClN3O6/c1-3-31-21(29)23-25(19(27)13-6-4-7-14(22)10-13)17-12-18(26)24(20(17)28)15-8-5-9-16(11-15)30-2/h4-11,17H,3,12H2,1-2H3,(H,23,29). The Labute approximate surface area is 183 Å². The van der Waals surface area contributed by atoms with Crippen molar-refractivity contribution in [3.05, 3.63) is 59.1 Å². The highest BCUT2D eigenvalue weighted by Crippen LogP contribution is 2.28. The molecular formula is C21H20ClN3O6. The van der Waals surface area contributed by atoms with Gasteiger partial charge < -0.3 is 9.47 Å². The van der Waals surface area contributed by atoms with Gasteiger partial charge in [0.15, 0.2) is 0 Å². The maximum Gasteiger partial charge on any atom is 0.426 e. The van der Waals surface area contributed by atoms with Crippen LogP contribution in [0.25, 0.3) is 0 Å². The lowest BCUT2D eigenvalue weighted by Gasteiger charge is -2.27. The summed E-state index contributed by atoms with van der Waals surface area (Å²) in [6, 6.07) is 11.1. The molecule has 0 aliphatic carbocycles. The van der Waals surface area contributed by atoms with Crippen LogP contribution in [0, 0.1) is 0 Å². The van der Waals surface area contributed by atoms with Crippen LogP contribution in [0.3, 0.4) is 0 Å². The zero-order chi connectivity index (χ0) is 22.5. The van der Waals surface area contributed by atoms with E-state index in [-0.39, 0.29) is 18.6 Å². The second-order valence-electron chi connectivity index (χ2n) is 6.51. The first-order valence-corrected chi connectivity index (χ1v) is 9.77. The van der Waals surface area contributed by atoms with Gasteiger partial charge in [0.1, 0.15) is 11.8 Å². The van der Waals surface area contributed by atoms with Gasteiger partial charge in [-0.3, -0.25) is 14.4 Å². The van der Waals surface area contributed by atoms with E-state index in [0.717, 1.165) is 9.91 Å². The third-order valence-electron chi connectivity index (χ3n) is 4.52. The third-order valence-corrected chi connectivity index (χ3v) is 4.76. The summed E-state index contributed by atoms with van der Waals surface area (Å²) in [7, 11) is 1.46. The van der Waals surface area contributed by atoms with Crippen LogP contribution in [0.4, 0.5) is 10.5 Å². The van der Waals surface area contributed by atoms with Crippen LogP contribution in [-0.2, 0) is 14.3 Å². The molecule has 0 radical (unpaired) electrons. The molecule has 1 unspecified atom stereocenters. The van der Waals surface area contributed by atoms with Crippen molar-refractivity contribution in [3.63, 3.8) is 0 Å². The molecule has 1 N–H and O–H groups in total. The van der Waals surface area contributed by atoms with E-state index in [1.165, 1.54) is 25.3 Å². The molecule has 0 spiro atoms. The maximum atomic E-state index is 13.2. The minimum Gasteiger partial charge on any atom is -0.497 e. The summed E-state index contributed by atoms with van der Waals surface area (Å²) >= 11 is 5.97. The Hall–Kier alpha value is -3.59. The van der Waals surface area contributed by atoms with Crippen LogP contribution in [0.2, 0.25) is 5.02 Å². The smallest absolute Gasteiger partial charge is 0.426 e. The molecule has 1 aliphatic rings. The van der Waals surface area contributed by atoms with Gasteiger partial charge in [-0.25, -0.2) is 20.1 Å². The number of halogens is 1. The van der Waals surface area contributed by atoms with Crippen molar-refractivity contribution < 1.29 is 28.7 Å². The minimum absolute atomic E-state index is 0.0541. The number of nitrogens with one attached hydrogen (secondary N) is 1. The highest BCUT2D eigenvalue weighted by molar-refractivity contribution is 6.31. The molecule has 1 aliphatic heterocycles. The number of amides is 4. The SMILES string of the molecule is CCOC(=O)NN(C(=O)c1cccc(Cl)c1)C1CC(=O)N(c2cccc(OC)c2)C1=O. The van der Waals surface area contributed by atoms with Gasteiger partial charge in [0.2, 0.25) is 5.91 Å². The maximum absolute atomic E-state index is 13.2. The number of anilines is 1. The first-order valence-electron chi connectivity index (χ1n) is 9.39. The topological polar surface area (TPSA) is 105 Å². The van der Waals surface area contributed by atoms with Gasteiger partial charge in [0.25, 0.3) is 11.8 Å². The van der Waals surface area contributed by atoms with E-state index in [4.69, 9.17) is 21.1 Å². The Balaban J connectivity index is 1.94. The fourth-order valence-corrected chi connectivity index (χ4v) is 3.32. The molecule has 1 heterocycles. The number of nitrogens with zero attached hydrogens (tertiary/aromatic N) is 2. The van der Waals surface area contributed by atoms with Crippen molar-refractivity contribution in [3.8, 4) is 5.75 Å². The second kappa shape index (κ2) is 9.48. The van der Waals surface area contributed by atoms with Crippen molar-refractivity contribution in [2.75, 3.05) is 18.6 Å². The highest BCUT2D eigenvalue weighted by Gasteiger charge is 2.45. The molecule has 9 nitrogen and oxygen atoms in total. The number of benzene rings is 2. The number of methoxy groups -OCH3 is 1. The van der Waals surface area contributed by atoms with Gasteiger partial charge >= 0.3 is 6.09 Å². The van der Waals surface area contributed by atoms with E-state index in [2.05, 4.69) is 5.43 Å². The number of rotatable bonds is 5. The van der Waals surface area contributed by atoms with E-state index >= 15 is 0 Å². The van der Waals surface area contributed by atoms with E-state index in [9.17, 15) is 19.2 Å². The fraction of sp³-hybridized carbons (Fsp3) is 0.238. The van der Waals surface area contributed by atoms with Gasteiger partial charge in [-0.15, -0.1) is 0 Å². The molecule has 1 saturated heterocycles. The molecule has 31 heavy (non-hydrogen) atoms. The molecular weight excluding hydrogens is 426 g/mol. The quantitative estimate of drug-likeness (QED) is 0.560. The number of imide groups is 1. The van der Waals surface area contributed by atoms with E-state index in [1.807, 2.05) is 0 Å². The van der Waals surface area contributed by atoms with Crippen LogP contribution in [0.15, 0.2) is 48.5 Å². The lowest BCUT2D eigenvalue weighted by molar-refractivity contribution is -0.122. The highest BCUT2D eigenvalue weighted by atomic mass is 35.5. The van der Waals surface area contributed by atoms with Crippen LogP contribution in [0.1, 0.15) is 23.7 Å². The van der Waals surface area contributed by atoms with E-state index < -0.39 is 29.9 Å². The van der Waals surface area contributed by atoms with Crippen molar-refractivity contribution in [1.29, 1.82) is 0 Å². The van der Waals surface area contributed by atoms with Crippen molar-refractivity contribution in [2.45, 2.75) is 19.4 Å². The average molecular weight is 446 g/mol. The summed E-state index contributed by atoms with van der Waals surface area (Å²) in [5.74, 6) is -1.46. The summed E-state index contributed by atoms with van der Waals surface area (Å²) in [5.41, 5.74) is 2.70. The van der Waals surface area contributed by atoms with Gasteiger partial charge in [0.05, 0.1) is 25.8 Å². The molecule has 3 rings (SSSR count). The molecule has 2 aromatic rings. The van der Waals surface area contributed by atoms with Crippen LogP contribution in [0.5, 0.6) is 5.75 Å². The minimum atomic E-state index is -1.27. The summed E-state index contributed by atoms with van der Waals surface area (Å²) in [6.07, 6.45) is -1.26. The summed E-state index contributed by atoms with van der Waals surface area (Å²) < 4.78 is 10.00. The van der Waals surface area contributed by atoms with Crippen molar-refractivity contribution in [2.24, 2.45) is 0 Å². The zero-order valence-corrected chi connectivity index (χ0v) is 17.6. The molecule has 1 atom stereocenters. The van der Waals surface area contributed by atoms with Gasteiger partial charge in [-0.1, -0.05) is 23.7 Å². The largest absolute Gasteiger partial charge is 0.497 e. The van der Waals surface area contributed by atoms with E-state index in [1.54, 1.807) is 37.3 Å². The summed E-state index contributed by atoms with van der Waals surface area (Å²) in [6.45, 7) is 1.65. The second-order valence-corrected chi connectivity index (χ2v) is 6.94. The number of carbonyl (C=O) groups is 4. The van der Waals surface area contributed by atoms with Gasteiger partial charge in [-0.2, -0.15) is 0 Å². The predicted molar refractivity (Wildman–Crippen MR) is 112 cm³/mol. The van der Waals surface area contributed by atoms with Crippen molar-refractivity contribution >= 4 is 41.1 Å². The lowest BCUT2D eigenvalue weighted by atomic mass is 10.1. The lowest BCUT2D eigenvalue weighted by Crippen LogP contribution is -2.54. The number of ether oxygens (including phenoxy) is 2. The Bertz CT molecular complexity index is 1030. The number of carbonyl (C=O) groups excluding carboxylic acids is 4. The molecule has 4 amide bonds. The average Bonchev–Trinajstić information content (AvgIpc) is 3.05. The van der Waals surface area contributed by atoms with Crippen LogP contribution < -0.4 is 15.1 Å². The first kappa shape index (κ1) is 22.1. The van der Waals surface area contributed by atoms with Gasteiger partial charge in [0, 0.05) is 16.7 Å². The molecule has 0 bridgehead atoms.